The number of nitrogens with one attached hydrogen (secondary N) is 1. The number of hydrogen-bond acceptors (Lipinski definition) is 3. The van der Waals surface area contributed by atoms with Crippen molar-refractivity contribution in [3.63, 3.8) is 0 Å². The Morgan fingerprint density at radius 1 is 1.33 bits per heavy atom. The number of amides is 1. The fraction of sp³-hybridized carbons (Fsp3) is 0.562. The molecule has 0 aliphatic heterocycles. The average molecular weight is 297 g/mol. The molecule has 1 N–H and O–H groups in total. The van der Waals surface area contributed by atoms with E-state index < -0.39 is 0 Å². The molecule has 0 aliphatic rings. The molecule has 1 aromatic rings. The molecule has 0 fully saturated rings. The Morgan fingerprint density at radius 2 is 2.10 bits per heavy atom. The molecule has 0 bridgehead atoms. The van der Waals surface area contributed by atoms with Crippen molar-refractivity contribution in [1.29, 1.82) is 0 Å². The molecule has 0 heterocycles. The van der Waals surface area contributed by atoms with E-state index in [1.54, 1.807) is 19.2 Å². The molecule has 21 heavy (non-hydrogen) atoms. The third-order valence-electron chi connectivity index (χ3n) is 3.29. The molecule has 1 atom stereocenters. The highest BCUT2D eigenvalue weighted by Crippen LogP contribution is 2.21. The van der Waals surface area contributed by atoms with Crippen molar-refractivity contribution in [2.24, 2.45) is 5.92 Å². The minimum Gasteiger partial charge on any atom is -0.490 e. The molecule has 0 aromatic heterocycles. The van der Waals surface area contributed by atoms with E-state index in [0.29, 0.717) is 38.4 Å². The molecular formula is C16H24FNO3. The van der Waals surface area contributed by atoms with Gasteiger partial charge >= 0.3 is 0 Å². The van der Waals surface area contributed by atoms with E-state index in [1.165, 1.54) is 6.07 Å². The first-order valence-corrected chi connectivity index (χ1v) is 7.18. The van der Waals surface area contributed by atoms with Crippen LogP contribution in [0.3, 0.4) is 0 Å². The van der Waals surface area contributed by atoms with Gasteiger partial charge in [0.1, 0.15) is 0 Å². The third kappa shape index (κ3) is 6.12. The van der Waals surface area contributed by atoms with Crippen molar-refractivity contribution in [1.82, 2.24) is 5.32 Å². The Labute approximate surface area is 125 Å². The highest BCUT2D eigenvalue weighted by atomic mass is 19.1. The van der Waals surface area contributed by atoms with Crippen LogP contribution in [0.5, 0.6) is 5.75 Å². The van der Waals surface area contributed by atoms with E-state index >= 15 is 0 Å². The van der Waals surface area contributed by atoms with Gasteiger partial charge in [0, 0.05) is 26.2 Å². The lowest BCUT2D eigenvalue weighted by Crippen LogP contribution is -2.34. The van der Waals surface area contributed by atoms with Crippen molar-refractivity contribution in [2.75, 3.05) is 20.3 Å². The molecule has 118 valence electrons. The Hall–Kier alpha value is -1.62. The van der Waals surface area contributed by atoms with Crippen LogP contribution in [0.15, 0.2) is 18.2 Å². The maximum Gasteiger partial charge on any atom is 0.207 e. The van der Waals surface area contributed by atoms with Crippen molar-refractivity contribution in [3.05, 3.63) is 29.6 Å². The molecule has 1 aromatic carbocycles. The first kappa shape index (κ1) is 17.4. The predicted molar refractivity (Wildman–Crippen MR) is 79.9 cm³/mol. The zero-order chi connectivity index (χ0) is 15.7. The molecule has 0 saturated heterocycles. The van der Waals surface area contributed by atoms with Gasteiger partial charge in [-0.25, -0.2) is 4.39 Å². The van der Waals surface area contributed by atoms with Crippen molar-refractivity contribution >= 4 is 6.41 Å². The second kappa shape index (κ2) is 9.34. The van der Waals surface area contributed by atoms with Gasteiger partial charge in [0.25, 0.3) is 0 Å². The number of methoxy groups -OCH3 is 1. The van der Waals surface area contributed by atoms with Gasteiger partial charge in [-0.2, -0.15) is 0 Å². The van der Waals surface area contributed by atoms with Gasteiger partial charge in [-0.05, 0) is 30.0 Å². The fourth-order valence-corrected chi connectivity index (χ4v) is 2.00. The topological polar surface area (TPSA) is 47.6 Å². The molecule has 0 radical (unpaired) electrons. The minimum absolute atomic E-state index is 0.0225. The van der Waals surface area contributed by atoms with E-state index in [1.807, 2.05) is 13.8 Å². The van der Waals surface area contributed by atoms with Gasteiger partial charge < -0.3 is 14.8 Å². The van der Waals surface area contributed by atoms with E-state index in [9.17, 15) is 9.18 Å². The number of halogens is 1. The second-order valence-corrected chi connectivity index (χ2v) is 5.30. The Bertz CT molecular complexity index is 438. The standard InChI is InChI=1S/C16H24FNO3/c1-12(2)15(18-11-19)9-13-5-6-14(17)16(10-13)21-8-4-7-20-3/h5-6,10-12,15H,4,7-9H2,1-3H3,(H,18,19)/t15-/m0/s1. The van der Waals surface area contributed by atoms with Crippen molar-refractivity contribution in [2.45, 2.75) is 32.7 Å². The summed E-state index contributed by atoms with van der Waals surface area (Å²) in [5.74, 6) is 0.171. The molecule has 0 unspecified atom stereocenters. The number of carbonyl (C=O) groups excluding carboxylic acids is 1. The zero-order valence-corrected chi connectivity index (χ0v) is 12.9. The van der Waals surface area contributed by atoms with Crippen LogP contribution in [0.4, 0.5) is 4.39 Å². The van der Waals surface area contributed by atoms with Crippen LogP contribution in [0.25, 0.3) is 0 Å². The quantitative estimate of drug-likeness (QED) is 0.533. The summed E-state index contributed by atoms with van der Waals surface area (Å²) in [6.45, 7) is 5.06. The Kier molecular flexibility index (Phi) is 7.75. The monoisotopic (exact) mass is 297 g/mol. The number of ether oxygens (including phenoxy) is 2. The summed E-state index contributed by atoms with van der Waals surface area (Å²) in [7, 11) is 1.62. The number of carbonyl (C=O) groups is 1. The maximum absolute atomic E-state index is 13.7. The van der Waals surface area contributed by atoms with Crippen LogP contribution < -0.4 is 10.1 Å². The summed E-state index contributed by atoms with van der Waals surface area (Å²) >= 11 is 0. The number of hydrogen-bond donors (Lipinski definition) is 1. The molecule has 4 nitrogen and oxygen atoms in total. The molecule has 5 heteroatoms. The van der Waals surface area contributed by atoms with Crippen LogP contribution in [-0.2, 0) is 16.0 Å². The third-order valence-corrected chi connectivity index (χ3v) is 3.29. The zero-order valence-electron chi connectivity index (χ0n) is 12.9. The van der Waals surface area contributed by atoms with Crippen molar-refractivity contribution < 1.29 is 18.7 Å². The number of rotatable bonds is 10. The molecule has 0 saturated carbocycles. The maximum atomic E-state index is 13.7. The Balaban J connectivity index is 2.68. The second-order valence-electron chi connectivity index (χ2n) is 5.30. The normalized spacial score (nSPS) is 12.2. The van der Waals surface area contributed by atoms with Gasteiger partial charge in [-0.15, -0.1) is 0 Å². The lowest BCUT2D eigenvalue weighted by atomic mass is 9.96. The van der Waals surface area contributed by atoms with E-state index in [-0.39, 0.29) is 17.6 Å². The average Bonchev–Trinajstić information content (AvgIpc) is 2.46. The molecular weight excluding hydrogens is 273 g/mol. The predicted octanol–water partition coefficient (Wildman–Crippen LogP) is 2.55. The lowest BCUT2D eigenvalue weighted by molar-refractivity contribution is -0.110. The van der Waals surface area contributed by atoms with E-state index in [0.717, 1.165) is 5.56 Å². The lowest BCUT2D eigenvalue weighted by Gasteiger charge is -2.20. The number of benzene rings is 1. The summed E-state index contributed by atoms with van der Waals surface area (Å²) in [5.41, 5.74) is 0.936. The first-order chi connectivity index (χ1) is 10.1. The first-order valence-electron chi connectivity index (χ1n) is 7.18. The van der Waals surface area contributed by atoms with Crippen LogP contribution in [0, 0.1) is 11.7 Å². The SMILES string of the molecule is COCCCOc1cc(C[C@H](NC=O)C(C)C)ccc1F. The van der Waals surface area contributed by atoms with E-state index in [4.69, 9.17) is 9.47 Å². The minimum atomic E-state index is -0.374. The van der Waals surface area contributed by atoms with Crippen LogP contribution >= 0.6 is 0 Å². The van der Waals surface area contributed by atoms with Gasteiger partial charge in [0.2, 0.25) is 6.41 Å². The largest absolute Gasteiger partial charge is 0.490 e. The van der Waals surface area contributed by atoms with Crippen molar-refractivity contribution in [3.8, 4) is 5.75 Å². The summed E-state index contributed by atoms with van der Waals surface area (Å²) < 4.78 is 24.1. The summed E-state index contributed by atoms with van der Waals surface area (Å²) in [6.07, 6.45) is 2.06. The summed E-state index contributed by atoms with van der Waals surface area (Å²) in [4.78, 5) is 10.6. The Morgan fingerprint density at radius 3 is 2.71 bits per heavy atom. The molecule has 1 amide bonds. The van der Waals surface area contributed by atoms with Gasteiger partial charge in [0.15, 0.2) is 11.6 Å². The summed E-state index contributed by atoms with van der Waals surface area (Å²) in [6, 6.07) is 4.84. The van der Waals surface area contributed by atoms with Crippen LogP contribution in [-0.4, -0.2) is 32.8 Å². The van der Waals surface area contributed by atoms with Crippen LogP contribution in [0.1, 0.15) is 25.8 Å². The smallest absolute Gasteiger partial charge is 0.207 e. The van der Waals surface area contributed by atoms with Gasteiger partial charge in [0.05, 0.1) is 6.61 Å². The molecule has 0 aliphatic carbocycles. The fourth-order valence-electron chi connectivity index (χ4n) is 2.00. The van der Waals surface area contributed by atoms with Crippen LogP contribution in [0.2, 0.25) is 0 Å². The molecule has 1 rings (SSSR count). The van der Waals surface area contributed by atoms with Gasteiger partial charge in [-0.3, -0.25) is 4.79 Å². The highest BCUT2D eigenvalue weighted by Gasteiger charge is 2.14. The summed E-state index contributed by atoms with van der Waals surface area (Å²) in [5, 5.41) is 2.79. The van der Waals surface area contributed by atoms with E-state index in [2.05, 4.69) is 5.32 Å². The van der Waals surface area contributed by atoms with Gasteiger partial charge in [-0.1, -0.05) is 19.9 Å². The highest BCUT2D eigenvalue weighted by molar-refractivity contribution is 5.47. The molecule has 0 spiro atoms.